The lowest BCUT2D eigenvalue weighted by molar-refractivity contribution is 0.612. The zero-order chi connectivity index (χ0) is 35.3. The van der Waals surface area contributed by atoms with Gasteiger partial charge in [0.25, 0.3) is 5.89 Å². The third-order valence-corrected chi connectivity index (χ3v) is 11.6. The number of nitrogens with zero attached hydrogens (tertiary/aromatic N) is 6. The van der Waals surface area contributed by atoms with E-state index in [1.54, 1.807) is 11.3 Å². The van der Waals surface area contributed by atoms with E-state index in [1.165, 1.54) is 25.6 Å². The lowest BCUT2D eigenvalue weighted by Crippen LogP contribution is -2.07. The molecule has 252 valence electrons. The van der Waals surface area contributed by atoms with Crippen LogP contribution in [0.2, 0.25) is 0 Å². The number of aromatic nitrogens is 6. The Kier molecular flexibility index (Phi) is 6.09. The summed E-state index contributed by atoms with van der Waals surface area (Å²) in [5.74, 6) is 1.73. The summed E-state index contributed by atoms with van der Waals surface area (Å²) in [4.78, 5) is 20.4. The third-order valence-electron chi connectivity index (χ3n) is 10.4. The molecule has 0 unspecified atom stereocenters. The highest BCUT2D eigenvalue weighted by Gasteiger charge is 2.24. The van der Waals surface area contributed by atoms with Crippen LogP contribution in [0.3, 0.4) is 0 Å². The van der Waals surface area contributed by atoms with Crippen molar-refractivity contribution in [1.29, 1.82) is 0 Å². The Morgan fingerprint density at radius 3 is 1.85 bits per heavy atom. The molecule has 0 atom stereocenters. The van der Waals surface area contributed by atoms with Gasteiger partial charge in [-0.25, -0.2) is 9.97 Å². The zero-order valence-electron chi connectivity index (χ0n) is 28.5. The first kappa shape index (κ1) is 29.4. The van der Waals surface area contributed by atoms with Gasteiger partial charge in [0.15, 0.2) is 11.4 Å². The van der Waals surface area contributed by atoms with Gasteiger partial charge in [0.2, 0.25) is 11.8 Å². The zero-order valence-corrected chi connectivity index (χ0v) is 29.3. The van der Waals surface area contributed by atoms with Gasteiger partial charge in [-0.05, 0) is 48.5 Å². The van der Waals surface area contributed by atoms with Crippen LogP contribution >= 0.6 is 11.3 Å². The largest absolute Gasteiger partial charge is 0.434 e. The minimum atomic E-state index is 0.341. The first-order chi connectivity index (χ1) is 26.8. The van der Waals surface area contributed by atoms with Gasteiger partial charge in [-0.2, -0.15) is 9.97 Å². The molecule has 12 aromatic rings. The SMILES string of the molecule is c1ccc(-n2c3ccccc3c3ccc4c5ccccc5n(-c5nc(-c6ccc7c(c6)sc6ccccc67)nc(-c6nc7ccccc7o6)n5)c4c32)cc1. The highest BCUT2D eigenvalue weighted by Crippen LogP contribution is 2.42. The first-order valence-corrected chi connectivity index (χ1v) is 18.6. The van der Waals surface area contributed by atoms with Crippen LogP contribution in [0.4, 0.5) is 0 Å². The second-order valence-corrected chi connectivity index (χ2v) is 14.6. The van der Waals surface area contributed by atoms with Crippen molar-refractivity contribution in [3.63, 3.8) is 0 Å². The van der Waals surface area contributed by atoms with E-state index in [0.717, 1.165) is 55.0 Å². The average Bonchev–Trinajstić information content (AvgIpc) is 4.00. The van der Waals surface area contributed by atoms with Crippen LogP contribution in [-0.2, 0) is 0 Å². The van der Waals surface area contributed by atoms with E-state index in [4.69, 9.17) is 24.4 Å². The number of hydrogen-bond donors (Lipinski definition) is 0. The predicted octanol–water partition coefficient (Wildman–Crippen LogP) is 11.9. The molecule has 0 N–H and O–H groups in total. The quantitative estimate of drug-likeness (QED) is 0.182. The lowest BCUT2D eigenvalue weighted by atomic mass is 10.1. The Hall–Kier alpha value is -7.16. The van der Waals surface area contributed by atoms with Gasteiger partial charge in [-0.3, -0.25) is 4.57 Å². The molecule has 0 aliphatic carbocycles. The third kappa shape index (κ3) is 4.22. The van der Waals surface area contributed by atoms with Crippen molar-refractivity contribution in [3.05, 3.63) is 158 Å². The number of hydrogen-bond acceptors (Lipinski definition) is 6. The molecule has 0 saturated heterocycles. The maximum absolute atomic E-state index is 6.31. The molecule has 0 spiro atoms. The summed E-state index contributed by atoms with van der Waals surface area (Å²) >= 11 is 1.77. The molecule has 12 rings (SSSR count). The molecule has 5 aromatic heterocycles. The Morgan fingerprint density at radius 1 is 0.444 bits per heavy atom. The van der Waals surface area contributed by atoms with E-state index in [0.29, 0.717) is 29.1 Å². The van der Waals surface area contributed by atoms with Crippen molar-refractivity contribution >= 4 is 86.2 Å². The van der Waals surface area contributed by atoms with Crippen molar-refractivity contribution in [3.8, 4) is 34.7 Å². The molecule has 5 heterocycles. The lowest BCUT2D eigenvalue weighted by Gasteiger charge is -2.12. The molecular weight excluding hydrogens is 685 g/mol. The average molecular weight is 711 g/mol. The summed E-state index contributed by atoms with van der Waals surface area (Å²) in [6.45, 7) is 0. The molecular formula is C46H26N6OS. The Balaban J connectivity index is 1.21. The Labute approximate surface area is 311 Å². The number of thiophene rings is 1. The maximum Gasteiger partial charge on any atom is 0.266 e. The van der Waals surface area contributed by atoms with E-state index in [-0.39, 0.29) is 0 Å². The monoisotopic (exact) mass is 710 g/mol. The molecule has 0 aliphatic rings. The summed E-state index contributed by atoms with van der Waals surface area (Å²) in [5, 5.41) is 7.00. The van der Waals surface area contributed by atoms with Crippen molar-refractivity contribution < 1.29 is 4.42 Å². The molecule has 7 nitrogen and oxygen atoms in total. The molecule has 0 aliphatic heterocycles. The molecule has 7 aromatic carbocycles. The van der Waals surface area contributed by atoms with E-state index in [1.807, 2.05) is 24.3 Å². The molecule has 0 radical (unpaired) electrons. The standard InChI is InChI=1S/C46H26N6OS/c1-2-12-28(13-3-1)51-36-18-8-4-14-29(36)33-24-25-34-30-15-5-9-19-37(30)52(42(34)41(33)51)46-49-43(48-44(50-46)45-47-35-17-7-10-20-38(35)53-45)27-22-23-32-31-16-6-11-21-39(31)54-40(32)26-27/h1-26H. The number of para-hydroxylation sites is 5. The van der Waals surface area contributed by atoms with Crippen molar-refractivity contribution in [2.45, 2.75) is 0 Å². The fraction of sp³-hybridized carbons (Fsp3) is 0. The minimum Gasteiger partial charge on any atom is -0.434 e. The fourth-order valence-electron chi connectivity index (χ4n) is 8.08. The molecule has 0 saturated carbocycles. The first-order valence-electron chi connectivity index (χ1n) is 17.8. The van der Waals surface area contributed by atoms with Gasteiger partial charge in [-0.1, -0.05) is 109 Å². The summed E-state index contributed by atoms with van der Waals surface area (Å²) in [5.41, 5.74) is 7.59. The molecule has 54 heavy (non-hydrogen) atoms. The smallest absolute Gasteiger partial charge is 0.266 e. The summed E-state index contributed by atoms with van der Waals surface area (Å²) in [7, 11) is 0. The topological polar surface area (TPSA) is 74.6 Å². The Morgan fingerprint density at radius 2 is 1.06 bits per heavy atom. The second-order valence-electron chi connectivity index (χ2n) is 13.5. The minimum absolute atomic E-state index is 0.341. The normalized spacial score (nSPS) is 12.1. The molecule has 8 heteroatoms. The fourth-order valence-corrected chi connectivity index (χ4v) is 9.22. The molecule has 0 fully saturated rings. The van der Waals surface area contributed by atoms with Crippen LogP contribution in [0.1, 0.15) is 0 Å². The van der Waals surface area contributed by atoms with E-state index < -0.39 is 0 Å². The van der Waals surface area contributed by atoms with Gasteiger partial charge in [0.1, 0.15) is 5.52 Å². The molecule has 0 bridgehead atoms. The van der Waals surface area contributed by atoms with Crippen molar-refractivity contribution in [2.75, 3.05) is 0 Å². The van der Waals surface area contributed by atoms with Crippen molar-refractivity contribution in [2.24, 2.45) is 0 Å². The number of benzene rings is 7. The van der Waals surface area contributed by atoms with Gasteiger partial charge < -0.3 is 8.98 Å². The van der Waals surface area contributed by atoms with Crippen LogP contribution in [0.15, 0.2) is 162 Å². The maximum atomic E-state index is 6.31. The number of oxazole rings is 1. The highest BCUT2D eigenvalue weighted by atomic mass is 32.1. The van der Waals surface area contributed by atoms with Crippen LogP contribution < -0.4 is 0 Å². The van der Waals surface area contributed by atoms with E-state index >= 15 is 0 Å². The molecule has 0 amide bonds. The van der Waals surface area contributed by atoms with E-state index in [2.05, 4.69) is 143 Å². The van der Waals surface area contributed by atoms with Crippen molar-refractivity contribution in [1.82, 2.24) is 29.1 Å². The van der Waals surface area contributed by atoms with E-state index in [9.17, 15) is 0 Å². The summed E-state index contributed by atoms with van der Waals surface area (Å²) in [6, 6.07) is 54.9. The Bertz CT molecular complexity index is 3430. The second kappa shape index (κ2) is 11.2. The van der Waals surface area contributed by atoms with Gasteiger partial charge in [0.05, 0.1) is 22.1 Å². The van der Waals surface area contributed by atoms with Crippen LogP contribution in [0.25, 0.3) is 110 Å². The number of fused-ring (bicyclic) bond motifs is 11. The van der Waals surface area contributed by atoms with Crippen LogP contribution in [0.5, 0.6) is 0 Å². The highest BCUT2D eigenvalue weighted by molar-refractivity contribution is 7.25. The van der Waals surface area contributed by atoms with Gasteiger partial charge >= 0.3 is 0 Å². The van der Waals surface area contributed by atoms with Gasteiger partial charge in [0, 0.05) is 53.0 Å². The summed E-state index contributed by atoms with van der Waals surface area (Å²) < 4.78 is 13.3. The number of rotatable bonds is 4. The van der Waals surface area contributed by atoms with Crippen LogP contribution in [-0.4, -0.2) is 29.1 Å². The summed E-state index contributed by atoms with van der Waals surface area (Å²) in [6.07, 6.45) is 0. The van der Waals surface area contributed by atoms with Gasteiger partial charge in [-0.15, -0.1) is 11.3 Å². The van der Waals surface area contributed by atoms with Crippen LogP contribution in [0, 0.1) is 0 Å². The predicted molar refractivity (Wildman–Crippen MR) is 220 cm³/mol.